The molecule has 0 atom stereocenters. The number of urea groups is 1. The van der Waals surface area contributed by atoms with Crippen LogP contribution in [0.3, 0.4) is 0 Å². The number of benzene rings is 2. The van der Waals surface area contributed by atoms with Gasteiger partial charge in [-0.3, -0.25) is 4.79 Å². The van der Waals surface area contributed by atoms with Crippen molar-refractivity contribution >= 4 is 17.6 Å². The van der Waals surface area contributed by atoms with Crippen molar-refractivity contribution in [3.05, 3.63) is 65.2 Å². The first-order chi connectivity index (χ1) is 13.1. The third-order valence-corrected chi connectivity index (χ3v) is 4.59. The molecule has 7 nitrogen and oxygen atoms in total. The molecule has 1 heterocycles. The van der Waals surface area contributed by atoms with Crippen molar-refractivity contribution in [3.8, 4) is 0 Å². The number of hydrogen-bond donors (Lipinski definition) is 4. The molecule has 0 radical (unpaired) electrons. The summed E-state index contributed by atoms with van der Waals surface area (Å²) < 4.78 is 5.42. The Labute approximate surface area is 158 Å². The van der Waals surface area contributed by atoms with Gasteiger partial charge in [0.2, 0.25) is 0 Å². The Hall–Kier alpha value is -2.90. The molecular formula is C20H25N4O3+. The number of rotatable bonds is 6. The molecule has 0 spiro atoms. The number of anilines is 1. The Kier molecular flexibility index (Phi) is 6.40. The summed E-state index contributed by atoms with van der Waals surface area (Å²) in [4.78, 5) is 24.9. The van der Waals surface area contributed by atoms with E-state index in [0.717, 1.165) is 38.4 Å². The van der Waals surface area contributed by atoms with E-state index < -0.39 is 6.03 Å². The Bertz CT molecular complexity index is 803. The van der Waals surface area contributed by atoms with Crippen LogP contribution < -0.4 is 21.3 Å². The normalized spacial score (nSPS) is 14.5. The maximum atomic E-state index is 12.5. The van der Waals surface area contributed by atoms with Crippen LogP contribution in [0.1, 0.15) is 21.5 Å². The van der Waals surface area contributed by atoms with Gasteiger partial charge in [0.05, 0.1) is 13.2 Å². The van der Waals surface area contributed by atoms with Crippen LogP contribution in [-0.2, 0) is 17.8 Å². The Morgan fingerprint density at radius 1 is 1.04 bits per heavy atom. The van der Waals surface area contributed by atoms with Gasteiger partial charge in [-0.2, -0.15) is 0 Å². The molecule has 3 rings (SSSR count). The SMILES string of the molecule is NC(=O)Nc1cccc(C(=O)NCc2ccccc2C[NH+]2CCOCC2)c1. The number of carbonyl (C=O) groups is 2. The third-order valence-electron chi connectivity index (χ3n) is 4.59. The van der Waals surface area contributed by atoms with Crippen molar-refractivity contribution < 1.29 is 19.2 Å². The predicted octanol–water partition coefficient (Wildman–Crippen LogP) is 0.522. The van der Waals surface area contributed by atoms with E-state index in [0.29, 0.717) is 17.8 Å². The van der Waals surface area contributed by atoms with Gasteiger partial charge in [-0.15, -0.1) is 0 Å². The number of nitrogens with one attached hydrogen (secondary N) is 3. The molecule has 1 aliphatic rings. The molecule has 0 unspecified atom stereocenters. The van der Waals surface area contributed by atoms with E-state index in [-0.39, 0.29) is 5.91 Å². The Balaban J connectivity index is 1.62. The van der Waals surface area contributed by atoms with Gasteiger partial charge < -0.3 is 26.0 Å². The molecule has 1 saturated heterocycles. The first kappa shape index (κ1) is 18.9. The average molecular weight is 369 g/mol. The van der Waals surface area contributed by atoms with Gasteiger partial charge in [-0.05, 0) is 23.8 Å². The van der Waals surface area contributed by atoms with Crippen LogP contribution in [0, 0.1) is 0 Å². The number of hydrogen-bond acceptors (Lipinski definition) is 3. The lowest BCUT2D eigenvalue weighted by atomic mass is 10.1. The molecule has 27 heavy (non-hydrogen) atoms. The second-order valence-electron chi connectivity index (χ2n) is 6.56. The minimum absolute atomic E-state index is 0.198. The average Bonchev–Trinajstić information content (AvgIpc) is 2.67. The van der Waals surface area contributed by atoms with E-state index in [4.69, 9.17) is 10.5 Å². The molecule has 142 valence electrons. The van der Waals surface area contributed by atoms with Gasteiger partial charge in [0, 0.05) is 23.4 Å². The van der Waals surface area contributed by atoms with Gasteiger partial charge in [0.1, 0.15) is 19.6 Å². The van der Waals surface area contributed by atoms with Crippen LogP contribution in [-0.4, -0.2) is 38.2 Å². The third kappa shape index (κ3) is 5.54. The lowest BCUT2D eigenvalue weighted by molar-refractivity contribution is -0.921. The standard InChI is InChI=1S/C20H24N4O3/c21-20(26)23-18-7-3-6-15(12-18)19(25)22-13-16-4-1-2-5-17(16)14-24-8-10-27-11-9-24/h1-7,12H,8-11,13-14H2,(H,22,25)(H3,21,23,26)/p+1. The summed E-state index contributed by atoms with van der Waals surface area (Å²) in [6.45, 7) is 4.97. The summed E-state index contributed by atoms with van der Waals surface area (Å²) in [6.07, 6.45) is 0. The first-order valence-corrected chi connectivity index (χ1v) is 9.04. The maximum absolute atomic E-state index is 12.5. The van der Waals surface area contributed by atoms with Crippen molar-refractivity contribution in [3.63, 3.8) is 0 Å². The van der Waals surface area contributed by atoms with Crippen LogP contribution in [0.4, 0.5) is 10.5 Å². The van der Waals surface area contributed by atoms with Crippen LogP contribution in [0.5, 0.6) is 0 Å². The minimum Gasteiger partial charge on any atom is -0.370 e. The number of morpholine rings is 1. The van der Waals surface area contributed by atoms with Crippen LogP contribution in [0.2, 0.25) is 0 Å². The predicted molar refractivity (Wildman–Crippen MR) is 102 cm³/mol. The highest BCUT2D eigenvalue weighted by atomic mass is 16.5. The molecule has 3 amide bonds. The number of ether oxygens (including phenoxy) is 1. The molecule has 1 aliphatic heterocycles. The van der Waals surface area contributed by atoms with Gasteiger partial charge in [0.25, 0.3) is 5.91 Å². The molecule has 0 bridgehead atoms. The van der Waals surface area contributed by atoms with E-state index >= 15 is 0 Å². The van der Waals surface area contributed by atoms with Crippen molar-refractivity contribution in [2.75, 3.05) is 31.6 Å². The van der Waals surface area contributed by atoms with Crippen molar-refractivity contribution in [1.29, 1.82) is 0 Å². The fraction of sp³-hybridized carbons (Fsp3) is 0.300. The van der Waals surface area contributed by atoms with Gasteiger partial charge in [-0.1, -0.05) is 30.3 Å². The molecule has 2 aromatic carbocycles. The fourth-order valence-electron chi connectivity index (χ4n) is 3.17. The van der Waals surface area contributed by atoms with Crippen LogP contribution >= 0.6 is 0 Å². The second-order valence-corrected chi connectivity index (χ2v) is 6.56. The van der Waals surface area contributed by atoms with Gasteiger partial charge in [-0.25, -0.2) is 4.79 Å². The summed E-state index contributed by atoms with van der Waals surface area (Å²) in [5.41, 5.74) is 8.42. The number of nitrogens with two attached hydrogens (primary N) is 1. The summed E-state index contributed by atoms with van der Waals surface area (Å²) in [5, 5.41) is 5.43. The smallest absolute Gasteiger partial charge is 0.316 e. The fourth-order valence-corrected chi connectivity index (χ4v) is 3.17. The quantitative estimate of drug-likeness (QED) is 0.598. The molecule has 5 N–H and O–H groups in total. The largest absolute Gasteiger partial charge is 0.370 e. The number of quaternary nitrogens is 1. The van der Waals surface area contributed by atoms with Gasteiger partial charge >= 0.3 is 6.03 Å². The van der Waals surface area contributed by atoms with E-state index in [1.807, 2.05) is 18.2 Å². The molecular weight excluding hydrogens is 344 g/mol. The lowest BCUT2D eigenvalue weighted by Crippen LogP contribution is -3.12. The van der Waals surface area contributed by atoms with E-state index in [1.165, 1.54) is 10.5 Å². The van der Waals surface area contributed by atoms with Crippen molar-refractivity contribution in [2.24, 2.45) is 5.73 Å². The maximum Gasteiger partial charge on any atom is 0.316 e. The molecule has 2 aromatic rings. The number of carbonyl (C=O) groups excluding carboxylic acids is 2. The van der Waals surface area contributed by atoms with Crippen LogP contribution in [0.15, 0.2) is 48.5 Å². The van der Waals surface area contributed by atoms with E-state index in [9.17, 15) is 9.59 Å². The highest BCUT2D eigenvalue weighted by Crippen LogP contribution is 2.12. The molecule has 0 saturated carbocycles. The number of amides is 3. The zero-order chi connectivity index (χ0) is 19.1. The summed E-state index contributed by atoms with van der Waals surface area (Å²) in [7, 11) is 0. The summed E-state index contributed by atoms with van der Waals surface area (Å²) in [6, 6.07) is 14.2. The summed E-state index contributed by atoms with van der Waals surface area (Å²) >= 11 is 0. The molecule has 1 fully saturated rings. The lowest BCUT2D eigenvalue weighted by Gasteiger charge is -2.24. The molecule has 0 aliphatic carbocycles. The van der Waals surface area contributed by atoms with Gasteiger partial charge in [0.15, 0.2) is 0 Å². The number of primary amides is 1. The molecule has 7 heteroatoms. The zero-order valence-corrected chi connectivity index (χ0v) is 15.2. The molecule has 0 aromatic heterocycles. The Morgan fingerprint density at radius 3 is 2.52 bits per heavy atom. The highest BCUT2D eigenvalue weighted by Gasteiger charge is 2.16. The Morgan fingerprint density at radius 2 is 1.78 bits per heavy atom. The topological polar surface area (TPSA) is 97.9 Å². The van der Waals surface area contributed by atoms with Crippen molar-refractivity contribution in [1.82, 2.24) is 5.32 Å². The van der Waals surface area contributed by atoms with E-state index in [2.05, 4.69) is 16.7 Å². The first-order valence-electron chi connectivity index (χ1n) is 9.04. The second kappa shape index (κ2) is 9.16. The monoisotopic (exact) mass is 369 g/mol. The minimum atomic E-state index is -0.660. The van der Waals surface area contributed by atoms with Crippen molar-refractivity contribution in [2.45, 2.75) is 13.1 Å². The van der Waals surface area contributed by atoms with Crippen LogP contribution in [0.25, 0.3) is 0 Å². The van der Waals surface area contributed by atoms with E-state index in [1.54, 1.807) is 24.3 Å². The highest BCUT2D eigenvalue weighted by molar-refractivity contribution is 5.96. The zero-order valence-electron chi connectivity index (χ0n) is 15.2. The summed E-state index contributed by atoms with van der Waals surface area (Å²) in [5.74, 6) is -0.198.